The Balaban J connectivity index is 1.83. The molecule has 4 nitrogen and oxygen atoms in total. The molecule has 1 saturated heterocycles. The molecule has 1 fully saturated rings. The van der Waals surface area contributed by atoms with E-state index in [4.69, 9.17) is 5.73 Å². The van der Waals surface area contributed by atoms with Gasteiger partial charge in [-0.25, -0.2) is 4.39 Å². The minimum Gasteiger partial charge on any atom is -0.397 e. The zero-order chi connectivity index (χ0) is 14.5. The molecule has 1 atom stereocenters. The molecule has 0 bridgehead atoms. The number of nitrogen functional groups attached to an aromatic ring is 1. The van der Waals surface area contributed by atoms with Gasteiger partial charge >= 0.3 is 0 Å². The fourth-order valence-electron chi connectivity index (χ4n) is 2.76. The Bertz CT molecular complexity index is 478. The molecule has 1 aliphatic heterocycles. The average Bonchev–Trinajstić information content (AvgIpc) is 2.87. The number of nitrogens with one attached hydrogen (secondary N) is 1. The van der Waals surface area contributed by atoms with Crippen LogP contribution >= 0.6 is 0 Å². The number of benzene rings is 1. The molecule has 0 aliphatic carbocycles. The van der Waals surface area contributed by atoms with Crippen LogP contribution in [0.1, 0.15) is 32.6 Å². The molecule has 1 heterocycles. The smallest absolute Gasteiger partial charge is 0.225 e. The van der Waals surface area contributed by atoms with Crippen LogP contribution in [0.4, 0.5) is 15.8 Å². The molecule has 1 aliphatic rings. The summed E-state index contributed by atoms with van der Waals surface area (Å²) < 4.78 is 12.9. The summed E-state index contributed by atoms with van der Waals surface area (Å²) in [5.41, 5.74) is 6.40. The second-order valence-corrected chi connectivity index (χ2v) is 5.27. The first-order valence-electron chi connectivity index (χ1n) is 7.19. The van der Waals surface area contributed by atoms with Crippen LogP contribution in [0.15, 0.2) is 18.2 Å². The Hall–Kier alpha value is -1.62. The Morgan fingerprint density at radius 2 is 2.35 bits per heavy atom. The van der Waals surface area contributed by atoms with Crippen LogP contribution < -0.4 is 11.1 Å². The van der Waals surface area contributed by atoms with E-state index in [0.29, 0.717) is 18.2 Å². The molecule has 1 aromatic carbocycles. The minimum atomic E-state index is -0.400. The standard InChI is InChI=1S/C15H22FN3O/c1-2-12-4-3-8-19(12)9-7-15(20)18-14-6-5-11(16)10-13(14)17/h5-6,10,12H,2-4,7-9,17H2,1H3,(H,18,20). The van der Waals surface area contributed by atoms with Gasteiger partial charge < -0.3 is 11.1 Å². The molecule has 0 saturated carbocycles. The first kappa shape index (κ1) is 14.8. The van der Waals surface area contributed by atoms with Crippen molar-refractivity contribution in [1.29, 1.82) is 0 Å². The number of rotatable bonds is 5. The normalized spacial score (nSPS) is 19.2. The molecule has 0 radical (unpaired) electrons. The number of hydrogen-bond donors (Lipinski definition) is 2. The summed E-state index contributed by atoms with van der Waals surface area (Å²) in [6.07, 6.45) is 4.01. The zero-order valence-corrected chi connectivity index (χ0v) is 11.9. The van der Waals surface area contributed by atoms with E-state index in [1.807, 2.05) is 0 Å². The van der Waals surface area contributed by atoms with Crippen molar-refractivity contribution in [3.8, 4) is 0 Å². The lowest BCUT2D eigenvalue weighted by Gasteiger charge is -2.22. The minimum absolute atomic E-state index is 0.0786. The Morgan fingerprint density at radius 3 is 3.05 bits per heavy atom. The van der Waals surface area contributed by atoms with E-state index in [1.54, 1.807) is 0 Å². The Kier molecular flexibility index (Phi) is 4.95. The first-order valence-corrected chi connectivity index (χ1v) is 7.19. The van der Waals surface area contributed by atoms with Crippen molar-refractivity contribution < 1.29 is 9.18 Å². The molecular weight excluding hydrogens is 257 g/mol. The number of hydrogen-bond acceptors (Lipinski definition) is 3. The van der Waals surface area contributed by atoms with Crippen molar-refractivity contribution in [3.63, 3.8) is 0 Å². The molecule has 1 aromatic rings. The third-order valence-corrected chi connectivity index (χ3v) is 3.88. The number of nitrogens with zero attached hydrogens (tertiary/aromatic N) is 1. The molecular formula is C15H22FN3O. The van der Waals surface area contributed by atoms with Gasteiger partial charge in [-0.3, -0.25) is 9.69 Å². The average molecular weight is 279 g/mol. The first-order chi connectivity index (χ1) is 9.60. The maximum absolute atomic E-state index is 12.9. The molecule has 20 heavy (non-hydrogen) atoms. The van der Waals surface area contributed by atoms with Gasteiger partial charge in [0, 0.05) is 19.0 Å². The van der Waals surface area contributed by atoms with E-state index in [0.717, 1.165) is 19.5 Å². The molecule has 0 aromatic heterocycles. The lowest BCUT2D eigenvalue weighted by molar-refractivity contribution is -0.116. The summed E-state index contributed by atoms with van der Waals surface area (Å²) in [6, 6.07) is 4.61. The molecule has 0 spiro atoms. The number of likely N-dealkylation sites (tertiary alicyclic amines) is 1. The predicted molar refractivity (Wildman–Crippen MR) is 78.9 cm³/mol. The second-order valence-electron chi connectivity index (χ2n) is 5.27. The van der Waals surface area contributed by atoms with Crippen LogP contribution in [0.25, 0.3) is 0 Å². The molecule has 1 amide bonds. The Morgan fingerprint density at radius 1 is 1.55 bits per heavy atom. The SMILES string of the molecule is CCC1CCCN1CCC(=O)Nc1ccc(F)cc1N. The van der Waals surface area contributed by atoms with E-state index in [2.05, 4.69) is 17.1 Å². The lowest BCUT2D eigenvalue weighted by Crippen LogP contribution is -2.32. The van der Waals surface area contributed by atoms with E-state index in [9.17, 15) is 9.18 Å². The van der Waals surface area contributed by atoms with Crippen molar-refractivity contribution in [2.45, 2.75) is 38.6 Å². The quantitative estimate of drug-likeness (QED) is 0.815. The molecule has 1 unspecified atom stereocenters. The van der Waals surface area contributed by atoms with Crippen LogP contribution in [0, 0.1) is 5.82 Å². The molecule has 110 valence electrons. The van der Waals surface area contributed by atoms with Gasteiger partial charge in [0.05, 0.1) is 11.4 Å². The van der Waals surface area contributed by atoms with E-state index in [1.165, 1.54) is 31.0 Å². The summed E-state index contributed by atoms with van der Waals surface area (Å²) in [6.45, 7) is 4.03. The molecule has 2 rings (SSSR count). The topological polar surface area (TPSA) is 58.4 Å². The highest BCUT2D eigenvalue weighted by Crippen LogP contribution is 2.21. The van der Waals surface area contributed by atoms with Crippen LogP contribution in [0.3, 0.4) is 0 Å². The van der Waals surface area contributed by atoms with E-state index < -0.39 is 5.82 Å². The van der Waals surface area contributed by atoms with E-state index >= 15 is 0 Å². The number of anilines is 2. The number of carbonyl (C=O) groups is 1. The van der Waals surface area contributed by atoms with Crippen molar-refractivity contribution in [3.05, 3.63) is 24.0 Å². The van der Waals surface area contributed by atoms with E-state index in [-0.39, 0.29) is 11.6 Å². The largest absolute Gasteiger partial charge is 0.397 e. The highest BCUT2D eigenvalue weighted by molar-refractivity contribution is 5.93. The number of nitrogens with two attached hydrogens (primary N) is 1. The van der Waals surface area contributed by atoms with Gasteiger partial charge in [0.15, 0.2) is 0 Å². The molecule has 3 N–H and O–H groups in total. The van der Waals surface area contributed by atoms with Gasteiger partial charge in [0.1, 0.15) is 5.82 Å². The van der Waals surface area contributed by atoms with Crippen molar-refractivity contribution in [2.75, 3.05) is 24.1 Å². The van der Waals surface area contributed by atoms with Crippen LogP contribution in [0.2, 0.25) is 0 Å². The molecule has 5 heteroatoms. The van der Waals surface area contributed by atoms with Gasteiger partial charge in [-0.2, -0.15) is 0 Å². The maximum Gasteiger partial charge on any atom is 0.225 e. The summed E-state index contributed by atoms with van der Waals surface area (Å²) in [7, 11) is 0. The highest BCUT2D eigenvalue weighted by atomic mass is 19.1. The summed E-state index contributed by atoms with van der Waals surface area (Å²) in [4.78, 5) is 14.3. The third kappa shape index (κ3) is 3.70. The zero-order valence-electron chi connectivity index (χ0n) is 11.9. The second kappa shape index (κ2) is 6.70. The fourth-order valence-corrected chi connectivity index (χ4v) is 2.76. The highest BCUT2D eigenvalue weighted by Gasteiger charge is 2.22. The predicted octanol–water partition coefficient (Wildman–Crippen LogP) is 2.61. The third-order valence-electron chi connectivity index (χ3n) is 3.88. The lowest BCUT2D eigenvalue weighted by atomic mass is 10.1. The summed E-state index contributed by atoms with van der Waals surface area (Å²) >= 11 is 0. The van der Waals surface area contributed by atoms with Crippen molar-refractivity contribution >= 4 is 17.3 Å². The number of amides is 1. The van der Waals surface area contributed by atoms with Crippen LogP contribution in [-0.4, -0.2) is 29.9 Å². The number of carbonyl (C=O) groups excluding carboxylic acids is 1. The van der Waals surface area contributed by atoms with Crippen molar-refractivity contribution in [1.82, 2.24) is 4.90 Å². The summed E-state index contributed by atoms with van der Waals surface area (Å²) in [5, 5.41) is 2.74. The summed E-state index contributed by atoms with van der Waals surface area (Å²) in [5.74, 6) is -0.478. The van der Waals surface area contributed by atoms with Gasteiger partial charge in [-0.05, 0) is 44.0 Å². The van der Waals surface area contributed by atoms with Gasteiger partial charge in [-0.1, -0.05) is 6.92 Å². The fraction of sp³-hybridized carbons (Fsp3) is 0.533. The maximum atomic E-state index is 12.9. The number of halogens is 1. The monoisotopic (exact) mass is 279 g/mol. The Labute approximate surface area is 119 Å². The van der Waals surface area contributed by atoms with Crippen LogP contribution in [0.5, 0.6) is 0 Å². The van der Waals surface area contributed by atoms with Gasteiger partial charge in [0.2, 0.25) is 5.91 Å². The van der Waals surface area contributed by atoms with Gasteiger partial charge in [-0.15, -0.1) is 0 Å². The van der Waals surface area contributed by atoms with Gasteiger partial charge in [0.25, 0.3) is 0 Å². The van der Waals surface area contributed by atoms with Crippen molar-refractivity contribution in [2.24, 2.45) is 0 Å². The van der Waals surface area contributed by atoms with Crippen LogP contribution in [-0.2, 0) is 4.79 Å².